The van der Waals surface area contributed by atoms with Crippen LogP contribution in [0.2, 0.25) is 0 Å². The van der Waals surface area contributed by atoms with Crippen molar-refractivity contribution in [2.75, 3.05) is 18.4 Å². The van der Waals surface area contributed by atoms with E-state index in [9.17, 15) is 22.8 Å². The Balaban J connectivity index is 2.40. The predicted molar refractivity (Wildman–Crippen MR) is 66.9 cm³/mol. The summed E-state index contributed by atoms with van der Waals surface area (Å²) in [5.41, 5.74) is 6.14. The van der Waals surface area contributed by atoms with Crippen molar-refractivity contribution in [1.82, 2.24) is 5.32 Å². The fraction of sp³-hybridized carbons (Fsp3) is 0.333. The number of alkyl halides is 3. The van der Waals surface area contributed by atoms with Gasteiger partial charge in [0.1, 0.15) is 0 Å². The number of carbonyl (C=O) groups is 2. The van der Waals surface area contributed by atoms with E-state index in [1.54, 1.807) is 24.3 Å². The van der Waals surface area contributed by atoms with Crippen LogP contribution >= 0.6 is 0 Å². The second kappa shape index (κ2) is 6.90. The molecule has 0 spiro atoms. The summed E-state index contributed by atoms with van der Waals surface area (Å²) in [6, 6.07) is 6.28. The first kappa shape index (κ1) is 16.0. The normalized spacial score (nSPS) is 11.2. The lowest BCUT2D eigenvalue weighted by Gasteiger charge is -2.09. The van der Waals surface area contributed by atoms with E-state index in [-0.39, 0.29) is 6.42 Å². The number of nitrogens with two attached hydrogens (primary N) is 1. The number of hydrogen-bond donors (Lipinski definition) is 3. The third-order valence-corrected chi connectivity index (χ3v) is 2.23. The molecule has 0 saturated heterocycles. The zero-order valence-electron chi connectivity index (χ0n) is 10.5. The SMILES string of the molecule is NC(=O)Cc1ccc(NC(=O)CNCC(F)(F)F)cc1. The van der Waals surface area contributed by atoms with Crippen LogP contribution in [0.3, 0.4) is 0 Å². The minimum atomic E-state index is -4.35. The summed E-state index contributed by atoms with van der Waals surface area (Å²) < 4.78 is 35.5. The van der Waals surface area contributed by atoms with Gasteiger partial charge in [0, 0.05) is 5.69 Å². The summed E-state index contributed by atoms with van der Waals surface area (Å²) >= 11 is 0. The molecule has 4 N–H and O–H groups in total. The summed E-state index contributed by atoms with van der Waals surface area (Å²) in [7, 11) is 0. The van der Waals surface area contributed by atoms with E-state index in [4.69, 9.17) is 5.73 Å². The molecule has 20 heavy (non-hydrogen) atoms. The highest BCUT2D eigenvalue weighted by atomic mass is 19.4. The Morgan fingerprint density at radius 2 is 1.75 bits per heavy atom. The highest BCUT2D eigenvalue weighted by Gasteiger charge is 2.26. The van der Waals surface area contributed by atoms with E-state index in [0.717, 1.165) is 0 Å². The molecular formula is C12H14F3N3O2. The molecule has 1 aromatic carbocycles. The van der Waals surface area contributed by atoms with Crippen LogP contribution in [0.1, 0.15) is 5.56 Å². The molecular weight excluding hydrogens is 275 g/mol. The van der Waals surface area contributed by atoms with Gasteiger partial charge in [-0.2, -0.15) is 13.2 Å². The first-order valence-corrected chi connectivity index (χ1v) is 5.71. The second-order valence-corrected chi connectivity index (χ2v) is 4.11. The summed E-state index contributed by atoms with van der Waals surface area (Å²) in [6.45, 7) is -1.67. The van der Waals surface area contributed by atoms with Crippen LogP contribution < -0.4 is 16.4 Å². The van der Waals surface area contributed by atoms with E-state index in [1.807, 2.05) is 5.32 Å². The number of nitrogens with one attached hydrogen (secondary N) is 2. The minimum Gasteiger partial charge on any atom is -0.369 e. The molecule has 0 bridgehead atoms. The Morgan fingerprint density at radius 3 is 2.25 bits per heavy atom. The van der Waals surface area contributed by atoms with Gasteiger partial charge >= 0.3 is 6.18 Å². The molecule has 0 fully saturated rings. The molecule has 0 saturated carbocycles. The third kappa shape index (κ3) is 6.74. The van der Waals surface area contributed by atoms with Gasteiger partial charge in [0.2, 0.25) is 11.8 Å². The topological polar surface area (TPSA) is 84.2 Å². The standard InChI is InChI=1S/C12H14F3N3O2/c13-12(14,15)7-17-6-11(20)18-9-3-1-8(2-4-9)5-10(16)19/h1-4,17H,5-7H2,(H2,16,19)(H,18,20). The van der Waals surface area contributed by atoms with Crippen LogP contribution in [0.4, 0.5) is 18.9 Å². The number of primary amides is 1. The van der Waals surface area contributed by atoms with Gasteiger partial charge in [-0.15, -0.1) is 0 Å². The summed E-state index contributed by atoms with van der Waals surface area (Å²) in [5.74, 6) is -1.06. The number of hydrogen-bond acceptors (Lipinski definition) is 3. The molecule has 0 radical (unpaired) electrons. The van der Waals surface area contributed by atoms with Gasteiger partial charge in [0.15, 0.2) is 0 Å². The zero-order chi connectivity index (χ0) is 15.2. The lowest BCUT2D eigenvalue weighted by molar-refractivity contribution is -0.127. The first-order valence-electron chi connectivity index (χ1n) is 5.71. The van der Waals surface area contributed by atoms with Crippen LogP contribution in [0.25, 0.3) is 0 Å². The van der Waals surface area contributed by atoms with E-state index in [1.165, 1.54) is 0 Å². The van der Waals surface area contributed by atoms with Crippen molar-refractivity contribution in [3.05, 3.63) is 29.8 Å². The average molecular weight is 289 g/mol. The molecule has 0 unspecified atom stereocenters. The zero-order valence-corrected chi connectivity index (χ0v) is 10.5. The highest BCUT2D eigenvalue weighted by Crippen LogP contribution is 2.12. The Labute approximate surface area is 113 Å². The molecule has 0 atom stereocenters. The van der Waals surface area contributed by atoms with E-state index < -0.39 is 31.1 Å². The van der Waals surface area contributed by atoms with Crippen molar-refractivity contribution < 1.29 is 22.8 Å². The number of halogens is 3. The monoisotopic (exact) mass is 289 g/mol. The van der Waals surface area contributed by atoms with E-state index in [2.05, 4.69) is 5.32 Å². The van der Waals surface area contributed by atoms with Crippen LogP contribution in [0, 0.1) is 0 Å². The van der Waals surface area contributed by atoms with Gasteiger partial charge in [-0.3, -0.25) is 9.59 Å². The molecule has 0 aliphatic rings. The summed E-state index contributed by atoms with van der Waals surface area (Å²) in [4.78, 5) is 22.0. The summed E-state index contributed by atoms with van der Waals surface area (Å²) in [6.07, 6.45) is -4.27. The van der Waals surface area contributed by atoms with Crippen LogP contribution in [-0.2, 0) is 16.0 Å². The molecule has 2 amide bonds. The molecule has 8 heteroatoms. The van der Waals surface area contributed by atoms with Crippen LogP contribution in [0.5, 0.6) is 0 Å². The highest BCUT2D eigenvalue weighted by molar-refractivity contribution is 5.92. The lowest BCUT2D eigenvalue weighted by Crippen LogP contribution is -2.35. The number of benzene rings is 1. The van der Waals surface area contributed by atoms with Crippen LogP contribution in [0.15, 0.2) is 24.3 Å². The predicted octanol–water partition coefficient (Wildman–Crippen LogP) is 0.805. The fourth-order valence-corrected chi connectivity index (χ4v) is 1.43. The average Bonchev–Trinajstić information content (AvgIpc) is 2.29. The van der Waals surface area contributed by atoms with Crippen molar-refractivity contribution in [2.45, 2.75) is 12.6 Å². The molecule has 0 aliphatic carbocycles. The van der Waals surface area contributed by atoms with Crippen molar-refractivity contribution in [3.63, 3.8) is 0 Å². The van der Waals surface area contributed by atoms with Crippen molar-refractivity contribution in [2.24, 2.45) is 5.73 Å². The molecule has 0 aromatic heterocycles. The maximum atomic E-state index is 11.8. The van der Waals surface area contributed by atoms with Gasteiger partial charge in [-0.25, -0.2) is 0 Å². The molecule has 0 aliphatic heterocycles. The first-order chi connectivity index (χ1) is 9.26. The van der Waals surface area contributed by atoms with Crippen LogP contribution in [-0.4, -0.2) is 31.1 Å². The lowest BCUT2D eigenvalue weighted by atomic mass is 10.1. The number of carbonyl (C=O) groups excluding carboxylic acids is 2. The summed E-state index contributed by atoms with van der Waals surface area (Å²) in [5, 5.41) is 4.41. The number of anilines is 1. The van der Waals surface area contributed by atoms with E-state index >= 15 is 0 Å². The molecule has 1 aromatic rings. The molecule has 110 valence electrons. The van der Waals surface area contributed by atoms with Crippen molar-refractivity contribution >= 4 is 17.5 Å². The third-order valence-electron chi connectivity index (χ3n) is 2.23. The fourth-order valence-electron chi connectivity index (χ4n) is 1.43. The second-order valence-electron chi connectivity index (χ2n) is 4.11. The molecule has 5 nitrogen and oxygen atoms in total. The van der Waals surface area contributed by atoms with Gasteiger partial charge in [-0.1, -0.05) is 12.1 Å². The molecule has 1 rings (SSSR count). The Morgan fingerprint density at radius 1 is 1.15 bits per heavy atom. The van der Waals surface area contributed by atoms with E-state index in [0.29, 0.717) is 11.3 Å². The Hall–Kier alpha value is -2.09. The molecule has 0 heterocycles. The van der Waals surface area contributed by atoms with Gasteiger partial charge in [0.05, 0.1) is 19.5 Å². The maximum Gasteiger partial charge on any atom is 0.401 e. The largest absolute Gasteiger partial charge is 0.401 e. The van der Waals surface area contributed by atoms with Gasteiger partial charge in [-0.05, 0) is 17.7 Å². The Kier molecular flexibility index (Phi) is 5.51. The van der Waals surface area contributed by atoms with Crippen molar-refractivity contribution in [1.29, 1.82) is 0 Å². The quantitative estimate of drug-likeness (QED) is 0.724. The Bertz CT molecular complexity index is 472. The van der Waals surface area contributed by atoms with Gasteiger partial charge < -0.3 is 16.4 Å². The number of amides is 2. The smallest absolute Gasteiger partial charge is 0.369 e. The maximum absolute atomic E-state index is 11.8. The number of rotatable bonds is 6. The van der Waals surface area contributed by atoms with Gasteiger partial charge in [0.25, 0.3) is 0 Å². The van der Waals surface area contributed by atoms with Crippen molar-refractivity contribution in [3.8, 4) is 0 Å². The minimum absolute atomic E-state index is 0.0847.